The van der Waals surface area contributed by atoms with Crippen LogP contribution in [0.5, 0.6) is 0 Å². The number of halogens is 7. The third kappa shape index (κ3) is 5.10. The number of rotatable bonds is 5. The van der Waals surface area contributed by atoms with E-state index in [2.05, 4.69) is 0 Å². The number of benzene rings is 6. The molecule has 6 aromatic rings. The van der Waals surface area contributed by atoms with E-state index in [1.54, 1.807) is 18.2 Å². The van der Waals surface area contributed by atoms with Crippen LogP contribution in [0, 0.1) is 7.14 Å². The van der Waals surface area contributed by atoms with Gasteiger partial charge in [-0.25, -0.2) is 0 Å². The van der Waals surface area contributed by atoms with Gasteiger partial charge in [-0.05, 0) is 0 Å². The quantitative estimate of drug-likeness (QED) is 0.102. The van der Waals surface area contributed by atoms with Crippen molar-refractivity contribution in [3.8, 4) is 0 Å². The molecule has 0 aliphatic heterocycles. The van der Waals surface area contributed by atoms with E-state index >= 15 is 0 Å². The van der Waals surface area contributed by atoms with Gasteiger partial charge in [0, 0.05) is 0 Å². The van der Waals surface area contributed by atoms with Crippen molar-refractivity contribution in [2.24, 2.45) is 0 Å². The Bertz CT molecular complexity index is 1930. The summed E-state index contributed by atoms with van der Waals surface area (Å²) in [6.07, 6.45) is -9.25. The van der Waals surface area contributed by atoms with Gasteiger partial charge in [0.15, 0.2) is 0 Å². The fourth-order valence-electron chi connectivity index (χ4n) is 4.75. The zero-order chi connectivity index (χ0) is 29.2. The Balaban J connectivity index is 1.48. The van der Waals surface area contributed by atoms with Gasteiger partial charge in [-0.1, -0.05) is 0 Å². The van der Waals surface area contributed by atoms with Gasteiger partial charge in [0.2, 0.25) is 0 Å². The van der Waals surface area contributed by atoms with E-state index in [-0.39, 0.29) is 12.0 Å². The average molecular weight is 698 g/mol. The van der Waals surface area contributed by atoms with Crippen molar-refractivity contribution in [3.63, 3.8) is 0 Å². The van der Waals surface area contributed by atoms with Crippen LogP contribution in [-0.2, 0) is 25.0 Å². The third-order valence-electron chi connectivity index (χ3n) is 6.64. The molecule has 0 saturated heterocycles. The van der Waals surface area contributed by atoms with Crippen LogP contribution >= 0.6 is 20.2 Å². The monoisotopic (exact) mass is 698 g/mol. The summed E-state index contributed by atoms with van der Waals surface area (Å²) in [7, 11) is -4.53. The van der Waals surface area contributed by atoms with Crippen molar-refractivity contribution >= 4 is 62.7 Å². The summed E-state index contributed by atoms with van der Waals surface area (Å²) in [5.41, 5.74) is -1.89. The van der Waals surface area contributed by atoms with Crippen LogP contribution in [0.2, 0.25) is 0 Å². The molecule has 6 aromatic carbocycles. The molecule has 0 unspecified atom stereocenters. The maximum absolute atomic E-state index is 13.8. The van der Waals surface area contributed by atoms with E-state index < -0.39 is 53.8 Å². The molecule has 0 radical (unpaired) electrons. The predicted molar refractivity (Wildman–Crippen MR) is 153 cm³/mol. The second-order valence-electron chi connectivity index (χ2n) is 9.19. The number of hydrogen-bond acceptors (Lipinski definition) is 3. The van der Waals surface area contributed by atoms with Gasteiger partial charge in [0.1, 0.15) is 0 Å². The summed E-state index contributed by atoms with van der Waals surface area (Å²) in [4.78, 5) is -0.135. The van der Waals surface area contributed by atoms with Crippen molar-refractivity contribution in [2.45, 2.75) is 17.2 Å². The van der Waals surface area contributed by atoms with E-state index in [0.29, 0.717) is 5.39 Å². The van der Waals surface area contributed by atoms with Crippen molar-refractivity contribution in [1.82, 2.24) is 0 Å². The van der Waals surface area contributed by atoms with Crippen LogP contribution < -0.4 is 0 Å². The molecule has 41 heavy (non-hydrogen) atoms. The molecule has 11 heteroatoms. The molecule has 6 rings (SSSR count). The third-order valence-corrected chi connectivity index (χ3v) is 14.0. The predicted octanol–water partition coefficient (Wildman–Crippen LogP) is 9.49. The standard InChI is InChI=1S/C30H17F6IO3S/c31-29(32,33)21-8-12-23(13-9-21)37(24-14-10-22(11-15-24)30(34,35)36)40-41(38,39)26-17-7-20-5-4-18-2-1-3-19-6-16-25(26)28(20)27(18)19/h1-17H. The molecule has 210 valence electrons. The number of alkyl halides is 6. The molecule has 0 aliphatic rings. The SMILES string of the molecule is O=S(=O)(OI(c1ccc(C(F)(F)F)cc1)c1ccc(C(F)(F)F)cc1)c1ccc2ccc3cccc4ccc1c2c34. The molecule has 0 spiro atoms. The fourth-order valence-corrected chi connectivity index (χ4v) is 11.8. The Labute approximate surface area is 237 Å². The van der Waals surface area contributed by atoms with Gasteiger partial charge in [0.05, 0.1) is 0 Å². The molecule has 0 saturated carbocycles. The second-order valence-corrected chi connectivity index (χ2v) is 15.7. The molecule has 0 atom stereocenters. The Morgan fingerprint density at radius 1 is 0.537 bits per heavy atom. The molecular formula is C30H17F6IO3S. The minimum atomic E-state index is -4.62. The summed E-state index contributed by atoms with van der Waals surface area (Å²) < 4.78 is 113. The Kier molecular flexibility index (Phi) is 6.66. The van der Waals surface area contributed by atoms with Gasteiger partial charge >= 0.3 is 239 Å². The van der Waals surface area contributed by atoms with Crippen molar-refractivity contribution in [2.75, 3.05) is 0 Å². The zero-order valence-corrected chi connectivity index (χ0v) is 23.6. The Morgan fingerprint density at radius 2 is 0.976 bits per heavy atom. The summed E-state index contributed by atoms with van der Waals surface area (Å²) in [6, 6.07) is 23.7. The summed E-state index contributed by atoms with van der Waals surface area (Å²) in [5.74, 6) is 0. The summed E-state index contributed by atoms with van der Waals surface area (Å²) in [5, 5.41) is 4.64. The Hall–Kier alpha value is -3.42. The van der Waals surface area contributed by atoms with Crippen molar-refractivity contribution in [1.29, 1.82) is 0 Å². The van der Waals surface area contributed by atoms with Crippen molar-refractivity contribution < 1.29 is 37.3 Å². The molecule has 0 aromatic heterocycles. The molecular weight excluding hydrogens is 681 g/mol. The number of hydrogen-bond donors (Lipinski definition) is 0. The molecule has 0 heterocycles. The van der Waals surface area contributed by atoms with Crippen LogP contribution in [0.25, 0.3) is 32.3 Å². The van der Waals surface area contributed by atoms with Crippen LogP contribution in [-0.4, -0.2) is 8.42 Å². The molecule has 0 N–H and O–H groups in total. The van der Waals surface area contributed by atoms with Crippen LogP contribution in [0.15, 0.2) is 108 Å². The van der Waals surface area contributed by atoms with Crippen LogP contribution in [0.3, 0.4) is 0 Å². The first-order valence-corrected chi connectivity index (χ1v) is 16.4. The molecule has 0 bridgehead atoms. The summed E-state index contributed by atoms with van der Waals surface area (Å²) in [6.45, 7) is 0. The normalized spacial score (nSPS) is 13.4. The zero-order valence-electron chi connectivity index (χ0n) is 20.6. The van der Waals surface area contributed by atoms with E-state index in [1.165, 1.54) is 6.07 Å². The van der Waals surface area contributed by atoms with Gasteiger partial charge < -0.3 is 0 Å². The fraction of sp³-hybridized carbons (Fsp3) is 0.0667. The van der Waals surface area contributed by atoms with Crippen molar-refractivity contribution in [3.05, 3.63) is 121 Å². The molecule has 0 amide bonds. The van der Waals surface area contributed by atoms with E-state index in [1.807, 2.05) is 30.3 Å². The van der Waals surface area contributed by atoms with E-state index in [9.17, 15) is 34.8 Å². The maximum atomic E-state index is 13.8. The van der Waals surface area contributed by atoms with Gasteiger partial charge in [0.25, 0.3) is 0 Å². The van der Waals surface area contributed by atoms with Gasteiger partial charge in [-0.15, -0.1) is 0 Å². The topological polar surface area (TPSA) is 43.4 Å². The minimum absolute atomic E-state index is 0.135. The average Bonchev–Trinajstić information content (AvgIpc) is 2.94. The first-order chi connectivity index (χ1) is 19.3. The first-order valence-electron chi connectivity index (χ1n) is 12.0. The molecule has 0 aliphatic carbocycles. The van der Waals surface area contributed by atoms with Gasteiger partial charge in [-0.2, -0.15) is 0 Å². The van der Waals surface area contributed by atoms with Crippen LogP contribution in [0.1, 0.15) is 11.1 Å². The Morgan fingerprint density at radius 3 is 1.46 bits per heavy atom. The molecule has 0 fully saturated rings. The first kappa shape index (κ1) is 27.7. The van der Waals surface area contributed by atoms with Gasteiger partial charge in [-0.3, -0.25) is 0 Å². The second kappa shape index (κ2) is 9.85. The van der Waals surface area contributed by atoms with E-state index in [4.69, 9.17) is 2.51 Å². The molecule has 3 nitrogen and oxygen atoms in total. The van der Waals surface area contributed by atoms with E-state index in [0.717, 1.165) is 75.5 Å². The summed E-state index contributed by atoms with van der Waals surface area (Å²) >= 11 is -3.61. The van der Waals surface area contributed by atoms with Crippen LogP contribution in [0.4, 0.5) is 26.3 Å².